The molecule has 33 heavy (non-hydrogen) atoms. The summed E-state index contributed by atoms with van der Waals surface area (Å²) in [6, 6.07) is 19.7. The maximum atomic E-state index is 12.1. The number of aryl methyl sites for hydroxylation is 1. The third-order valence-electron chi connectivity index (χ3n) is 5.56. The average molecular weight is 441 g/mol. The molecule has 3 heterocycles. The van der Waals surface area contributed by atoms with E-state index < -0.39 is 6.09 Å². The van der Waals surface area contributed by atoms with Crippen molar-refractivity contribution in [3.8, 4) is 11.3 Å². The van der Waals surface area contributed by atoms with Crippen molar-refractivity contribution in [1.82, 2.24) is 24.8 Å². The Hall–Kier alpha value is -4.33. The van der Waals surface area contributed by atoms with Crippen molar-refractivity contribution >= 4 is 34.0 Å². The standard InChI is InChI=1S/C25H24N6O2/c1-26-24-21-22(31(2)15-28-21)19-12-20(29-23(19)30-24)18-10-6-9-17(11-18)13-27-25(32)33-14-16-7-4-3-5-8-16/h3-12,15H,13-14H2,1-2H3,(H,27,32)(H2,26,29,30). The van der Waals surface area contributed by atoms with Crippen molar-refractivity contribution in [3.63, 3.8) is 0 Å². The molecular formula is C25H24N6O2. The normalized spacial score (nSPS) is 11.1. The summed E-state index contributed by atoms with van der Waals surface area (Å²) >= 11 is 0. The minimum Gasteiger partial charge on any atom is -0.445 e. The van der Waals surface area contributed by atoms with E-state index in [9.17, 15) is 4.79 Å². The number of nitrogens with one attached hydrogen (secondary N) is 3. The van der Waals surface area contributed by atoms with Crippen LogP contribution in [0, 0.1) is 0 Å². The van der Waals surface area contributed by atoms with E-state index in [1.165, 1.54) is 0 Å². The van der Waals surface area contributed by atoms with E-state index in [4.69, 9.17) is 9.72 Å². The van der Waals surface area contributed by atoms with Gasteiger partial charge >= 0.3 is 6.09 Å². The molecule has 0 unspecified atom stereocenters. The zero-order chi connectivity index (χ0) is 22.8. The summed E-state index contributed by atoms with van der Waals surface area (Å²) in [5, 5.41) is 6.94. The fourth-order valence-electron chi connectivity index (χ4n) is 3.93. The Morgan fingerprint density at radius 3 is 2.73 bits per heavy atom. The van der Waals surface area contributed by atoms with Gasteiger partial charge in [-0.3, -0.25) is 0 Å². The number of hydrogen-bond donors (Lipinski definition) is 3. The summed E-state index contributed by atoms with van der Waals surface area (Å²) in [7, 11) is 3.82. The number of anilines is 1. The van der Waals surface area contributed by atoms with Crippen molar-refractivity contribution in [3.05, 3.63) is 78.1 Å². The Morgan fingerprint density at radius 1 is 1.09 bits per heavy atom. The molecule has 0 bridgehead atoms. The summed E-state index contributed by atoms with van der Waals surface area (Å²) < 4.78 is 7.29. The fraction of sp³-hybridized carbons (Fsp3) is 0.160. The van der Waals surface area contributed by atoms with Gasteiger partial charge in [0.15, 0.2) is 5.82 Å². The predicted octanol–water partition coefficient (Wildman–Crippen LogP) is 4.58. The van der Waals surface area contributed by atoms with Gasteiger partial charge in [-0.25, -0.2) is 14.8 Å². The van der Waals surface area contributed by atoms with Crippen LogP contribution in [-0.2, 0) is 24.9 Å². The molecule has 0 atom stereocenters. The predicted molar refractivity (Wildman–Crippen MR) is 129 cm³/mol. The number of benzene rings is 2. The average Bonchev–Trinajstić information content (AvgIpc) is 3.45. The van der Waals surface area contributed by atoms with Gasteiger partial charge in [0.2, 0.25) is 0 Å². The maximum Gasteiger partial charge on any atom is 0.407 e. The highest BCUT2D eigenvalue weighted by molar-refractivity contribution is 6.07. The van der Waals surface area contributed by atoms with Crippen LogP contribution in [0.5, 0.6) is 0 Å². The minimum atomic E-state index is -0.447. The number of nitrogens with zero attached hydrogens (tertiary/aromatic N) is 3. The number of imidazole rings is 1. The Bertz CT molecular complexity index is 1440. The summed E-state index contributed by atoms with van der Waals surface area (Å²) in [4.78, 5) is 24.7. The highest BCUT2D eigenvalue weighted by Gasteiger charge is 2.15. The lowest BCUT2D eigenvalue weighted by atomic mass is 10.1. The van der Waals surface area contributed by atoms with E-state index in [1.54, 1.807) is 6.33 Å². The molecule has 8 heteroatoms. The highest BCUT2D eigenvalue weighted by Crippen LogP contribution is 2.31. The van der Waals surface area contributed by atoms with Gasteiger partial charge < -0.3 is 24.9 Å². The number of aromatic amines is 1. The largest absolute Gasteiger partial charge is 0.445 e. The first-order valence-corrected chi connectivity index (χ1v) is 10.7. The van der Waals surface area contributed by atoms with Crippen molar-refractivity contribution in [2.24, 2.45) is 7.05 Å². The van der Waals surface area contributed by atoms with Crippen LogP contribution in [0.1, 0.15) is 11.1 Å². The highest BCUT2D eigenvalue weighted by atomic mass is 16.5. The van der Waals surface area contributed by atoms with Crippen molar-refractivity contribution in [2.45, 2.75) is 13.2 Å². The SMILES string of the molecule is CNc1nc2[nH]c(-c3cccc(CNC(=O)OCc4ccccc4)c3)cc2c2c1ncn2C. The zero-order valence-corrected chi connectivity index (χ0v) is 18.4. The summed E-state index contributed by atoms with van der Waals surface area (Å²) in [6.07, 6.45) is 1.35. The zero-order valence-electron chi connectivity index (χ0n) is 18.4. The van der Waals surface area contributed by atoms with Crippen LogP contribution in [0.4, 0.5) is 10.6 Å². The number of carbonyl (C=O) groups is 1. The number of hydrogen-bond acceptors (Lipinski definition) is 5. The van der Waals surface area contributed by atoms with Crippen LogP contribution in [0.15, 0.2) is 67.0 Å². The van der Waals surface area contributed by atoms with Gasteiger partial charge in [0.05, 0.1) is 11.8 Å². The fourth-order valence-corrected chi connectivity index (χ4v) is 3.93. The van der Waals surface area contributed by atoms with Gasteiger partial charge in [0, 0.05) is 31.7 Å². The number of ether oxygens (including phenoxy) is 1. The van der Waals surface area contributed by atoms with Crippen LogP contribution in [0.3, 0.4) is 0 Å². The molecule has 0 fully saturated rings. The molecule has 0 saturated heterocycles. The second-order valence-corrected chi connectivity index (χ2v) is 7.82. The second-order valence-electron chi connectivity index (χ2n) is 7.82. The summed E-state index contributed by atoms with van der Waals surface area (Å²) in [5.41, 5.74) is 6.52. The smallest absolute Gasteiger partial charge is 0.407 e. The molecule has 5 rings (SSSR count). The number of fused-ring (bicyclic) bond motifs is 3. The molecule has 8 nitrogen and oxygen atoms in total. The molecular weight excluding hydrogens is 416 g/mol. The molecule has 0 radical (unpaired) electrons. The van der Waals surface area contributed by atoms with Crippen LogP contribution in [-0.4, -0.2) is 32.7 Å². The molecule has 0 aliphatic carbocycles. The topological polar surface area (TPSA) is 96.9 Å². The van der Waals surface area contributed by atoms with Gasteiger partial charge in [-0.15, -0.1) is 0 Å². The van der Waals surface area contributed by atoms with Gasteiger partial charge in [0.25, 0.3) is 0 Å². The van der Waals surface area contributed by atoms with Crippen LogP contribution >= 0.6 is 0 Å². The first-order chi connectivity index (χ1) is 16.1. The number of carbonyl (C=O) groups excluding carboxylic acids is 1. The number of rotatable bonds is 6. The first-order valence-electron chi connectivity index (χ1n) is 10.7. The Kier molecular flexibility index (Phi) is 5.40. The third-order valence-corrected chi connectivity index (χ3v) is 5.56. The molecule has 166 valence electrons. The number of alkyl carbamates (subject to hydrolysis) is 1. The number of H-pyrrole nitrogens is 1. The molecule has 0 spiro atoms. The molecule has 5 aromatic rings. The number of pyridine rings is 1. The molecule has 2 aromatic carbocycles. The molecule has 0 aliphatic heterocycles. The van der Waals surface area contributed by atoms with E-state index in [-0.39, 0.29) is 6.61 Å². The van der Waals surface area contributed by atoms with Crippen LogP contribution in [0.25, 0.3) is 33.3 Å². The maximum absolute atomic E-state index is 12.1. The van der Waals surface area contributed by atoms with E-state index >= 15 is 0 Å². The number of aromatic nitrogens is 4. The molecule has 0 saturated carbocycles. The van der Waals surface area contributed by atoms with Crippen LogP contribution in [0.2, 0.25) is 0 Å². The van der Waals surface area contributed by atoms with E-state index in [2.05, 4.69) is 26.7 Å². The first kappa shape index (κ1) is 20.6. The van der Waals surface area contributed by atoms with Crippen molar-refractivity contribution in [2.75, 3.05) is 12.4 Å². The molecule has 3 aromatic heterocycles. The lowest BCUT2D eigenvalue weighted by Crippen LogP contribution is -2.23. The third kappa shape index (κ3) is 4.10. The molecule has 1 amide bonds. The van der Waals surface area contributed by atoms with Gasteiger partial charge in [-0.2, -0.15) is 0 Å². The quantitative estimate of drug-likeness (QED) is 0.359. The van der Waals surface area contributed by atoms with E-state index in [0.717, 1.165) is 50.3 Å². The lowest BCUT2D eigenvalue weighted by Gasteiger charge is -2.08. The van der Waals surface area contributed by atoms with E-state index in [0.29, 0.717) is 6.54 Å². The van der Waals surface area contributed by atoms with Gasteiger partial charge in [-0.05, 0) is 28.8 Å². The monoisotopic (exact) mass is 440 g/mol. The lowest BCUT2D eigenvalue weighted by molar-refractivity contribution is 0.139. The van der Waals surface area contributed by atoms with Gasteiger partial charge in [0.1, 0.15) is 17.8 Å². The van der Waals surface area contributed by atoms with Crippen LogP contribution < -0.4 is 10.6 Å². The second kappa shape index (κ2) is 8.66. The van der Waals surface area contributed by atoms with E-state index in [1.807, 2.05) is 73.3 Å². The molecule has 0 aliphatic rings. The summed E-state index contributed by atoms with van der Waals surface area (Å²) in [5.74, 6) is 0.735. The Morgan fingerprint density at radius 2 is 1.91 bits per heavy atom. The van der Waals surface area contributed by atoms with Crippen molar-refractivity contribution < 1.29 is 9.53 Å². The van der Waals surface area contributed by atoms with Gasteiger partial charge in [-0.1, -0.05) is 48.5 Å². The summed E-state index contributed by atoms with van der Waals surface area (Å²) in [6.45, 7) is 0.613. The Balaban J connectivity index is 1.34. The molecule has 3 N–H and O–H groups in total. The number of amides is 1. The van der Waals surface area contributed by atoms with Crippen molar-refractivity contribution in [1.29, 1.82) is 0 Å². The Labute approximate surface area is 190 Å². The minimum absolute atomic E-state index is 0.242.